The number of ether oxygens (including phenoxy) is 1. The molecule has 0 spiro atoms. The van der Waals surface area contributed by atoms with Crippen molar-refractivity contribution in [3.8, 4) is 11.1 Å². The average molecular weight is 473 g/mol. The van der Waals surface area contributed by atoms with Crippen LogP contribution < -0.4 is 10.6 Å². The van der Waals surface area contributed by atoms with Gasteiger partial charge in [0.15, 0.2) is 0 Å². The summed E-state index contributed by atoms with van der Waals surface area (Å²) in [5.74, 6) is -2.21. The summed E-state index contributed by atoms with van der Waals surface area (Å²) in [5.41, 5.74) is 4.77. The standard InChI is InChI=1S/C28H28N2O5/c1-17(2)23(26(31)30-25-14-8-7-13-22(25)27(32)33)15-29-28(34)35-16-24-20-11-5-3-9-18(20)19-10-4-6-12-21(19)24/h3-14,17,23-24H,15-16H2,1-2H3,(H,29,34)(H,30,31)(H,32,33). The Hall–Kier alpha value is -4.13. The Morgan fingerprint density at radius 3 is 2.06 bits per heavy atom. The van der Waals surface area contributed by atoms with E-state index in [2.05, 4.69) is 34.9 Å². The fourth-order valence-electron chi connectivity index (χ4n) is 4.48. The van der Waals surface area contributed by atoms with E-state index in [1.165, 1.54) is 12.1 Å². The molecule has 0 saturated heterocycles. The van der Waals surface area contributed by atoms with Gasteiger partial charge in [0.1, 0.15) is 6.61 Å². The molecule has 3 aromatic rings. The minimum Gasteiger partial charge on any atom is -0.478 e. The number of rotatable bonds is 8. The van der Waals surface area contributed by atoms with E-state index < -0.39 is 18.0 Å². The van der Waals surface area contributed by atoms with E-state index in [0.29, 0.717) is 0 Å². The van der Waals surface area contributed by atoms with Gasteiger partial charge in [-0.1, -0.05) is 74.5 Å². The maximum absolute atomic E-state index is 12.9. The second kappa shape index (κ2) is 10.4. The third-order valence-electron chi connectivity index (χ3n) is 6.37. The monoisotopic (exact) mass is 472 g/mol. The van der Waals surface area contributed by atoms with Crippen molar-refractivity contribution in [1.29, 1.82) is 0 Å². The number of carboxylic acids is 1. The Bertz CT molecular complexity index is 1210. The number of alkyl carbamates (subject to hydrolysis) is 1. The van der Waals surface area contributed by atoms with Gasteiger partial charge in [0.25, 0.3) is 0 Å². The molecule has 0 fully saturated rings. The Morgan fingerprint density at radius 2 is 1.46 bits per heavy atom. The van der Waals surface area contributed by atoms with Crippen molar-refractivity contribution in [3.05, 3.63) is 89.5 Å². The molecule has 3 aromatic carbocycles. The average Bonchev–Trinajstić information content (AvgIpc) is 3.16. The zero-order valence-corrected chi connectivity index (χ0v) is 19.7. The molecule has 1 aliphatic carbocycles. The molecular formula is C28H28N2O5. The molecule has 4 rings (SSSR count). The molecule has 1 aliphatic rings. The first kappa shape index (κ1) is 24.0. The van der Waals surface area contributed by atoms with Crippen molar-refractivity contribution in [2.75, 3.05) is 18.5 Å². The number of carbonyl (C=O) groups is 3. The SMILES string of the molecule is CC(C)C(CNC(=O)OCC1c2ccccc2-c2ccccc21)C(=O)Nc1ccccc1C(=O)O. The van der Waals surface area contributed by atoms with Crippen molar-refractivity contribution >= 4 is 23.7 Å². The topological polar surface area (TPSA) is 105 Å². The highest BCUT2D eigenvalue weighted by molar-refractivity contribution is 6.01. The minimum atomic E-state index is -1.13. The molecule has 7 nitrogen and oxygen atoms in total. The lowest BCUT2D eigenvalue weighted by Crippen LogP contribution is -2.39. The van der Waals surface area contributed by atoms with Gasteiger partial charge in [-0.3, -0.25) is 4.79 Å². The number of aromatic carboxylic acids is 1. The molecule has 0 radical (unpaired) electrons. The van der Waals surface area contributed by atoms with Crippen molar-refractivity contribution in [1.82, 2.24) is 5.32 Å². The summed E-state index contributed by atoms with van der Waals surface area (Å²) in [6.45, 7) is 3.99. The molecule has 180 valence electrons. The fourth-order valence-corrected chi connectivity index (χ4v) is 4.48. The van der Waals surface area contributed by atoms with Gasteiger partial charge in [-0.15, -0.1) is 0 Å². The maximum Gasteiger partial charge on any atom is 0.407 e. The van der Waals surface area contributed by atoms with Crippen LogP contribution in [0.5, 0.6) is 0 Å². The highest BCUT2D eigenvalue weighted by atomic mass is 16.5. The maximum atomic E-state index is 12.9. The summed E-state index contributed by atoms with van der Waals surface area (Å²) in [6.07, 6.45) is -0.601. The molecule has 0 aliphatic heterocycles. The molecule has 35 heavy (non-hydrogen) atoms. The molecular weight excluding hydrogens is 444 g/mol. The smallest absolute Gasteiger partial charge is 0.407 e. The Morgan fingerprint density at radius 1 is 0.886 bits per heavy atom. The van der Waals surface area contributed by atoms with E-state index in [0.717, 1.165) is 22.3 Å². The van der Waals surface area contributed by atoms with Crippen molar-refractivity contribution < 1.29 is 24.2 Å². The normalized spacial score (nSPS) is 13.0. The summed E-state index contributed by atoms with van der Waals surface area (Å²) >= 11 is 0. The Labute approximate surface area is 204 Å². The van der Waals surface area contributed by atoms with E-state index in [-0.39, 0.29) is 42.1 Å². The number of carbonyl (C=O) groups excluding carboxylic acids is 2. The molecule has 1 unspecified atom stereocenters. The number of nitrogens with one attached hydrogen (secondary N) is 2. The van der Waals surface area contributed by atoms with Crippen LogP contribution in [0, 0.1) is 11.8 Å². The van der Waals surface area contributed by atoms with Crippen LogP contribution in [0.25, 0.3) is 11.1 Å². The second-order valence-electron chi connectivity index (χ2n) is 8.90. The Kier molecular flexibility index (Phi) is 7.15. The van der Waals surface area contributed by atoms with E-state index in [4.69, 9.17) is 4.74 Å². The van der Waals surface area contributed by atoms with Crippen LogP contribution in [-0.2, 0) is 9.53 Å². The largest absolute Gasteiger partial charge is 0.478 e. The zero-order chi connectivity index (χ0) is 24.9. The van der Waals surface area contributed by atoms with Gasteiger partial charge in [-0.25, -0.2) is 9.59 Å². The molecule has 0 heterocycles. The lowest BCUT2D eigenvalue weighted by Gasteiger charge is -2.21. The van der Waals surface area contributed by atoms with E-state index >= 15 is 0 Å². The lowest BCUT2D eigenvalue weighted by molar-refractivity contribution is -0.120. The van der Waals surface area contributed by atoms with E-state index in [1.54, 1.807) is 12.1 Å². The third kappa shape index (κ3) is 5.19. The number of hydrogen-bond acceptors (Lipinski definition) is 4. The first-order chi connectivity index (χ1) is 16.9. The highest BCUT2D eigenvalue weighted by Gasteiger charge is 2.29. The minimum absolute atomic E-state index is 0.00727. The van der Waals surface area contributed by atoms with E-state index in [1.807, 2.05) is 38.1 Å². The van der Waals surface area contributed by atoms with Gasteiger partial charge in [0.05, 0.1) is 17.2 Å². The first-order valence-corrected chi connectivity index (χ1v) is 11.6. The molecule has 3 N–H and O–H groups in total. The van der Waals surface area contributed by atoms with Crippen LogP contribution in [0.1, 0.15) is 41.3 Å². The molecule has 0 bridgehead atoms. The van der Waals surface area contributed by atoms with Gasteiger partial charge in [0, 0.05) is 12.5 Å². The van der Waals surface area contributed by atoms with Crippen LogP contribution in [0.2, 0.25) is 0 Å². The summed E-state index contributed by atoms with van der Waals surface area (Å²) in [5, 5.41) is 14.7. The number of benzene rings is 3. The molecule has 1 atom stereocenters. The van der Waals surface area contributed by atoms with E-state index in [9.17, 15) is 19.5 Å². The molecule has 7 heteroatoms. The van der Waals surface area contributed by atoms with Gasteiger partial charge < -0.3 is 20.5 Å². The van der Waals surface area contributed by atoms with Gasteiger partial charge in [-0.2, -0.15) is 0 Å². The van der Waals surface area contributed by atoms with Gasteiger partial charge in [0.2, 0.25) is 5.91 Å². The molecule has 0 saturated carbocycles. The summed E-state index contributed by atoms with van der Waals surface area (Å²) < 4.78 is 5.56. The van der Waals surface area contributed by atoms with Crippen LogP contribution >= 0.6 is 0 Å². The van der Waals surface area contributed by atoms with Crippen molar-refractivity contribution in [3.63, 3.8) is 0 Å². The predicted molar refractivity (Wildman–Crippen MR) is 133 cm³/mol. The predicted octanol–water partition coefficient (Wildman–Crippen LogP) is 5.13. The fraction of sp³-hybridized carbons (Fsp3) is 0.250. The number of fused-ring (bicyclic) bond motifs is 3. The van der Waals surface area contributed by atoms with Crippen LogP contribution in [0.15, 0.2) is 72.8 Å². The van der Waals surface area contributed by atoms with Crippen LogP contribution in [0.3, 0.4) is 0 Å². The molecule has 2 amide bonds. The van der Waals surface area contributed by atoms with Crippen LogP contribution in [0.4, 0.5) is 10.5 Å². The first-order valence-electron chi connectivity index (χ1n) is 11.6. The summed E-state index contributed by atoms with van der Waals surface area (Å²) in [6, 6.07) is 22.4. The summed E-state index contributed by atoms with van der Waals surface area (Å²) in [7, 11) is 0. The number of amides is 2. The Balaban J connectivity index is 1.37. The van der Waals surface area contributed by atoms with Crippen molar-refractivity contribution in [2.45, 2.75) is 19.8 Å². The van der Waals surface area contributed by atoms with Gasteiger partial charge in [-0.05, 0) is 40.3 Å². The zero-order valence-electron chi connectivity index (χ0n) is 19.7. The number of hydrogen-bond donors (Lipinski definition) is 3. The highest BCUT2D eigenvalue weighted by Crippen LogP contribution is 2.44. The van der Waals surface area contributed by atoms with Crippen molar-refractivity contribution in [2.24, 2.45) is 11.8 Å². The van der Waals surface area contributed by atoms with Crippen LogP contribution in [-0.4, -0.2) is 36.2 Å². The number of para-hydroxylation sites is 1. The quantitative estimate of drug-likeness (QED) is 0.421. The molecule has 0 aromatic heterocycles. The van der Waals surface area contributed by atoms with Gasteiger partial charge >= 0.3 is 12.1 Å². The number of anilines is 1. The lowest BCUT2D eigenvalue weighted by atomic mass is 9.94. The second-order valence-corrected chi connectivity index (χ2v) is 8.90. The third-order valence-corrected chi connectivity index (χ3v) is 6.37. The number of carboxylic acid groups (broad SMARTS) is 1. The summed E-state index contributed by atoms with van der Waals surface area (Å²) in [4.78, 5) is 36.9.